The van der Waals surface area contributed by atoms with Crippen LogP contribution in [0.1, 0.15) is 21.9 Å². The second kappa shape index (κ2) is 8.98. The van der Waals surface area contributed by atoms with E-state index in [2.05, 4.69) is 15.9 Å². The molecule has 0 radical (unpaired) electrons. The Hall–Kier alpha value is -1.72. The summed E-state index contributed by atoms with van der Waals surface area (Å²) in [6.45, 7) is 0.214. The van der Waals surface area contributed by atoms with E-state index in [1.54, 1.807) is 42.5 Å². The zero-order chi connectivity index (χ0) is 19.4. The lowest BCUT2D eigenvalue weighted by Gasteiger charge is -2.06. The van der Waals surface area contributed by atoms with Crippen LogP contribution in [0.5, 0.6) is 5.75 Å². The monoisotopic (exact) mass is 484 g/mol. The summed E-state index contributed by atoms with van der Waals surface area (Å²) in [5.74, 6) is 1.44. The fraction of sp³-hybridized carbons (Fsp3) is 0.0500. The quantitative estimate of drug-likeness (QED) is 0.268. The number of hydrogen-bond acceptors (Lipinski definition) is 3. The number of rotatable bonds is 6. The Morgan fingerprint density at radius 3 is 2.59 bits per heavy atom. The molecule has 3 aromatic rings. The number of allylic oxidation sites excluding steroid dienone is 1. The van der Waals surface area contributed by atoms with Crippen molar-refractivity contribution in [2.24, 2.45) is 0 Å². The van der Waals surface area contributed by atoms with Gasteiger partial charge in [0.15, 0.2) is 5.78 Å². The SMILES string of the molecule is O=C(/C=C/c1ccc(COc2ccc(Br)cc2Cl)o1)c1ccc(Cl)cc1Cl. The highest BCUT2D eigenvalue weighted by Gasteiger charge is 2.09. The van der Waals surface area contributed by atoms with Crippen molar-refractivity contribution in [1.29, 1.82) is 0 Å². The number of furan rings is 1. The van der Waals surface area contributed by atoms with Crippen LogP contribution < -0.4 is 4.74 Å². The molecule has 0 saturated carbocycles. The Labute approximate surface area is 179 Å². The molecule has 27 heavy (non-hydrogen) atoms. The molecule has 3 rings (SSSR count). The van der Waals surface area contributed by atoms with Crippen molar-refractivity contribution in [3.63, 3.8) is 0 Å². The summed E-state index contributed by atoms with van der Waals surface area (Å²) in [6.07, 6.45) is 2.97. The molecule has 1 aromatic heterocycles. The van der Waals surface area contributed by atoms with Gasteiger partial charge in [0, 0.05) is 15.1 Å². The molecule has 0 unspecified atom stereocenters. The molecule has 0 atom stereocenters. The summed E-state index contributed by atoms with van der Waals surface area (Å²) in [7, 11) is 0. The Morgan fingerprint density at radius 1 is 1.04 bits per heavy atom. The molecule has 2 aromatic carbocycles. The molecule has 0 spiro atoms. The largest absolute Gasteiger partial charge is 0.484 e. The number of ketones is 1. The smallest absolute Gasteiger partial charge is 0.187 e. The molecule has 138 valence electrons. The minimum Gasteiger partial charge on any atom is -0.484 e. The molecular formula is C20H12BrCl3O3. The number of carbonyl (C=O) groups is 1. The van der Waals surface area contributed by atoms with Crippen LogP contribution in [0.2, 0.25) is 15.1 Å². The number of hydrogen-bond donors (Lipinski definition) is 0. The average Bonchev–Trinajstić information content (AvgIpc) is 3.07. The van der Waals surface area contributed by atoms with E-state index in [0.717, 1.165) is 4.47 Å². The van der Waals surface area contributed by atoms with Gasteiger partial charge in [0.2, 0.25) is 0 Å². The molecule has 0 aliphatic rings. The lowest BCUT2D eigenvalue weighted by atomic mass is 10.1. The molecule has 0 aliphatic carbocycles. The summed E-state index contributed by atoms with van der Waals surface area (Å²) in [4.78, 5) is 12.2. The van der Waals surface area contributed by atoms with Gasteiger partial charge in [-0.25, -0.2) is 0 Å². The van der Waals surface area contributed by atoms with Crippen LogP contribution in [0, 0.1) is 0 Å². The van der Waals surface area contributed by atoms with Crippen LogP contribution >= 0.6 is 50.7 Å². The van der Waals surface area contributed by atoms with E-state index in [9.17, 15) is 4.79 Å². The zero-order valence-electron chi connectivity index (χ0n) is 13.7. The van der Waals surface area contributed by atoms with Crippen molar-refractivity contribution in [1.82, 2.24) is 0 Å². The number of benzene rings is 2. The van der Waals surface area contributed by atoms with Crippen LogP contribution in [0.4, 0.5) is 0 Å². The summed E-state index contributed by atoms with van der Waals surface area (Å²) in [5.41, 5.74) is 0.373. The van der Waals surface area contributed by atoms with E-state index in [1.807, 2.05) is 6.07 Å². The van der Waals surface area contributed by atoms with E-state index in [1.165, 1.54) is 12.1 Å². The number of ether oxygens (including phenoxy) is 1. The van der Waals surface area contributed by atoms with Crippen molar-refractivity contribution in [3.05, 3.63) is 91.2 Å². The highest BCUT2D eigenvalue weighted by molar-refractivity contribution is 9.10. The Morgan fingerprint density at radius 2 is 1.85 bits per heavy atom. The molecule has 3 nitrogen and oxygen atoms in total. The predicted octanol–water partition coefficient (Wildman–Crippen LogP) is 7.48. The maximum Gasteiger partial charge on any atom is 0.187 e. The van der Waals surface area contributed by atoms with Gasteiger partial charge in [-0.05, 0) is 60.7 Å². The van der Waals surface area contributed by atoms with E-state index >= 15 is 0 Å². The molecule has 0 saturated heterocycles. The second-order valence-electron chi connectivity index (χ2n) is 5.49. The highest BCUT2D eigenvalue weighted by Crippen LogP contribution is 2.28. The van der Waals surface area contributed by atoms with Gasteiger partial charge in [-0.15, -0.1) is 0 Å². The molecule has 0 fully saturated rings. The van der Waals surface area contributed by atoms with Gasteiger partial charge in [0.1, 0.15) is 23.9 Å². The fourth-order valence-corrected chi connectivity index (χ4v) is 3.47. The third-order valence-corrected chi connectivity index (χ3v) is 4.88. The first kappa shape index (κ1) is 20.0. The molecule has 7 heteroatoms. The van der Waals surface area contributed by atoms with Gasteiger partial charge in [-0.1, -0.05) is 50.7 Å². The zero-order valence-corrected chi connectivity index (χ0v) is 17.6. The molecule has 0 bridgehead atoms. The van der Waals surface area contributed by atoms with Crippen LogP contribution in [0.25, 0.3) is 6.08 Å². The van der Waals surface area contributed by atoms with Gasteiger partial charge in [0.05, 0.1) is 10.0 Å². The van der Waals surface area contributed by atoms with Gasteiger partial charge in [-0.2, -0.15) is 0 Å². The van der Waals surface area contributed by atoms with Gasteiger partial charge in [0.25, 0.3) is 0 Å². The Kier molecular flexibility index (Phi) is 6.66. The van der Waals surface area contributed by atoms with E-state index < -0.39 is 0 Å². The lowest BCUT2D eigenvalue weighted by molar-refractivity contribution is 0.104. The van der Waals surface area contributed by atoms with Crippen molar-refractivity contribution < 1.29 is 13.9 Å². The average molecular weight is 487 g/mol. The summed E-state index contributed by atoms with van der Waals surface area (Å²) in [5, 5.41) is 1.28. The van der Waals surface area contributed by atoms with Crippen molar-refractivity contribution in [2.45, 2.75) is 6.61 Å². The van der Waals surface area contributed by atoms with Gasteiger partial charge >= 0.3 is 0 Å². The first-order valence-electron chi connectivity index (χ1n) is 7.76. The highest BCUT2D eigenvalue weighted by atomic mass is 79.9. The predicted molar refractivity (Wildman–Crippen MR) is 112 cm³/mol. The standard InChI is InChI=1S/C20H12BrCl3O3/c21-12-1-8-20(18(24)9-12)26-11-15-4-3-14(27-15)5-7-19(25)16-6-2-13(22)10-17(16)23/h1-10H,11H2/b7-5+. The van der Waals surface area contributed by atoms with Crippen LogP contribution in [-0.4, -0.2) is 5.78 Å². The third kappa shape index (κ3) is 5.39. The van der Waals surface area contributed by atoms with Crippen molar-refractivity contribution >= 4 is 62.6 Å². The molecule has 0 N–H and O–H groups in total. The van der Waals surface area contributed by atoms with Crippen molar-refractivity contribution in [3.8, 4) is 5.75 Å². The lowest BCUT2D eigenvalue weighted by Crippen LogP contribution is -1.95. The van der Waals surface area contributed by atoms with Crippen LogP contribution in [0.3, 0.4) is 0 Å². The molecule has 0 amide bonds. The minimum absolute atomic E-state index is 0.214. The van der Waals surface area contributed by atoms with Gasteiger partial charge < -0.3 is 9.15 Å². The normalized spacial score (nSPS) is 11.1. The Balaban J connectivity index is 1.63. The molecular weight excluding hydrogens is 474 g/mol. The molecule has 1 heterocycles. The maximum absolute atomic E-state index is 12.2. The van der Waals surface area contributed by atoms with Gasteiger partial charge in [-0.3, -0.25) is 4.79 Å². The van der Waals surface area contributed by atoms with E-state index in [4.69, 9.17) is 44.0 Å². The summed E-state index contributed by atoms with van der Waals surface area (Å²) < 4.78 is 12.2. The van der Waals surface area contributed by atoms with Crippen LogP contribution in [-0.2, 0) is 6.61 Å². The second-order valence-corrected chi connectivity index (χ2v) is 7.66. The Bertz CT molecular complexity index is 1010. The first-order valence-corrected chi connectivity index (χ1v) is 9.69. The first-order chi connectivity index (χ1) is 12.9. The minimum atomic E-state index is -0.243. The van der Waals surface area contributed by atoms with Crippen LogP contribution in [0.15, 0.2) is 63.5 Å². The summed E-state index contributed by atoms with van der Waals surface area (Å²) >= 11 is 21.3. The number of carbonyl (C=O) groups excluding carboxylic acids is 1. The molecule has 0 aliphatic heterocycles. The fourth-order valence-electron chi connectivity index (χ4n) is 2.24. The topological polar surface area (TPSA) is 39.4 Å². The number of halogens is 4. The van der Waals surface area contributed by atoms with E-state index in [-0.39, 0.29) is 12.4 Å². The van der Waals surface area contributed by atoms with E-state index in [0.29, 0.717) is 37.9 Å². The maximum atomic E-state index is 12.2. The van der Waals surface area contributed by atoms with Crippen molar-refractivity contribution in [2.75, 3.05) is 0 Å². The third-order valence-electron chi connectivity index (χ3n) is 3.54. The summed E-state index contributed by atoms with van der Waals surface area (Å²) in [6, 6.07) is 13.6.